The zero-order valence-corrected chi connectivity index (χ0v) is 9.32. The van der Waals surface area contributed by atoms with Crippen LogP contribution >= 0.6 is 0 Å². The Bertz CT molecular complexity index is 380. The van der Waals surface area contributed by atoms with Crippen molar-refractivity contribution < 1.29 is 4.79 Å². The Morgan fingerprint density at radius 3 is 2.81 bits per heavy atom. The number of hydrogen-bond donors (Lipinski definition) is 4. The van der Waals surface area contributed by atoms with Gasteiger partial charge in [-0.25, -0.2) is 10.8 Å². The Hall–Kier alpha value is -1.89. The van der Waals surface area contributed by atoms with Crippen molar-refractivity contribution in [2.45, 2.75) is 26.3 Å². The van der Waals surface area contributed by atoms with Gasteiger partial charge in [-0.15, -0.1) is 0 Å². The van der Waals surface area contributed by atoms with Crippen LogP contribution in [0.5, 0.6) is 0 Å². The molecular formula is C9H16N6O. The molecule has 16 heavy (non-hydrogen) atoms. The fraction of sp³-hybridized carbons (Fsp3) is 0.444. The molecule has 0 bridgehead atoms. The lowest BCUT2D eigenvalue weighted by Gasteiger charge is -2.13. The summed E-state index contributed by atoms with van der Waals surface area (Å²) < 4.78 is 0. The molecule has 0 fully saturated rings. The summed E-state index contributed by atoms with van der Waals surface area (Å²) in [6, 6.07) is 1.68. The average molecular weight is 224 g/mol. The number of carbonyl (C=O) groups excluding carboxylic acids is 1. The van der Waals surface area contributed by atoms with Crippen LogP contribution in [0.15, 0.2) is 6.07 Å². The fourth-order valence-electron chi connectivity index (χ4n) is 1.31. The lowest BCUT2D eigenvalue weighted by atomic mass is 10.2. The quantitative estimate of drug-likeness (QED) is 0.404. The van der Waals surface area contributed by atoms with E-state index in [1.165, 1.54) is 0 Å². The van der Waals surface area contributed by atoms with Crippen LogP contribution in [-0.4, -0.2) is 21.9 Å². The maximum Gasteiger partial charge on any atom is 0.239 e. The minimum atomic E-state index is -0.358. The molecule has 88 valence electrons. The lowest BCUT2D eigenvalue weighted by molar-refractivity contribution is -0.118. The number of rotatable bonds is 5. The molecule has 0 radical (unpaired) electrons. The minimum absolute atomic E-state index is 0.0857. The molecule has 0 aliphatic rings. The fourth-order valence-corrected chi connectivity index (χ4v) is 1.31. The van der Waals surface area contributed by atoms with E-state index in [4.69, 9.17) is 11.6 Å². The van der Waals surface area contributed by atoms with Crippen molar-refractivity contribution in [2.75, 3.05) is 10.7 Å². The van der Waals surface area contributed by atoms with Crippen LogP contribution in [0.3, 0.4) is 0 Å². The highest BCUT2D eigenvalue weighted by molar-refractivity contribution is 5.74. The molecule has 1 aromatic rings. The number of nitrogens with zero attached hydrogens (tertiary/aromatic N) is 2. The van der Waals surface area contributed by atoms with Crippen LogP contribution in [-0.2, 0) is 4.79 Å². The summed E-state index contributed by atoms with van der Waals surface area (Å²) in [4.78, 5) is 18.8. The summed E-state index contributed by atoms with van der Waals surface area (Å²) in [5, 5.41) is 3.04. The van der Waals surface area contributed by atoms with Crippen molar-refractivity contribution in [3.63, 3.8) is 0 Å². The topological polar surface area (TPSA) is 119 Å². The first-order valence-corrected chi connectivity index (χ1v) is 4.88. The predicted molar refractivity (Wildman–Crippen MR) is 61.5 cm³/mol. The number of hydrogen-bond acceptors (Lipinski definition) is 6. The van der Waals surface area contributed by atoms with Crippen molar-refractivity contribution >= 4 is 17.7 Å². The van der Waals surface area contributed by atoms with Crippen molar-refractivity contribution in [1.29, 1.82) is 0 Å². The van der Waals surface area contributed by atoms with Gasteiger partial charge in [0.25, 0.3) is 0 Å². The first-order valence-electron chi connectivity index (χ1n) is 4.88. The third kappa shape index (κ3) is 3.70. The Kier molecular flexibility index (Phi) is 4.01. The van der Waals surface area contributed by atoms with E-state index in [1.807, 2.05) is 13.8 Å². The molecule has 1 atom stereocenters. The van der Waals surface area contributed by atoms with E-state index in [2.05, 4.69) is 20.7 Å². The van der Waals surface area contributed by atoms with E-state index in [1.54, 1.807) is 6.07 Å². The number of nitrogen functional groups attached to an aromatic ring is 1. The molecule has 0 aliphatic heterocycles. The largest absolute Gasteiger partial charge is 0.370 e. The van der Waals surface area contributed by atoms with Gasteiger partial charge in [0, 0.05) is 24.2 Å². The number of carbonyl (C=O) groups is 1. The molecular weight excluding hydrogens is 208 g/mol. The monoisotopic (exact) mass is 224 g/mol. The van der Waals surface area contributed by atoms with Gasteiger partial charge < -0.3 is 11.1 Å². The zero-order valence-electron chi connectivity index (χ0n) is 9.32. The smallest absolute Gasteiger partial charge is 0.239 e. The van der Waals surface area contributed by atoms with Crippen LogP contribution in [0.25, 0.3) is 0 Å². The van der Waals surface area contributed by atoms with Gasteiger partial charge >= 0.3 is 0 Å². The van der Waals surface area contributed by atoms with Crippen LogP contribution in [0.1, 0.15) is 19.0 Å². The molecule has 1 heterocycles. The second kappa shape index (κ2) is 5.26. The van der Waals surface area contributed by atoms with E-state index < -0.39 is 0 Å². The van der Waals surface area contributed by atoms with Crippen LogP contribution in [0.4, 0.5) is 11.8 Å². The predicted octanol–water partition coefficient (Wildman–Crippen LogP) is -0.254. The minimum Gasteiger partial charge on any atom is -0.370 e. The second-order valence-electron chi connectivity index (χ2n) is 3.58. The number of aromatic nitrogens is 2. The molecule has 0 aromatic carbocycles. The molecule has 0 saturated heterocycles. The third-order valence-electron chi connectivity index (χ3n) is 1.88. The van der Waals surface area contributed by atoms with E-state index >= 15 is 0 Å². The molecule has 1 rings (SSSR count). The summed E-state index contributed by atoms with van der Waals surface area (Å²) in [6.07, 6.45) is 0.244. The third-order valence-corrected chi connectivity index (χ3v) is 1.88. The van der Waals surface area contributed by atoms with Crippen molar-refractivity contribution in [2.24, 2.45) is 11.6 Å². The molecule has 1 unspecified atom stereocenters. The number of nitrogens with two attached hydrogens (primary N) is 2. The Morgan fingerprint density at radius 1 is 1.56 bits per heavy atom. The summed E-state index contributed by atoms with van der Waals surface area (Å²) in [6.45, 7) is 3.67. The molecule has 0 saturated carbocycles. The van der Waals surface area contributed by atoms with E-state index in [0.717, 1.165) is 5.69 Å². The van der Waals surface area contributed by atoms with Gasteiger partial charge in [0.2, 0.25) is 11.9 Å². The summed E-state index contributed by atoms with van der Waals surface area (Å²) in [5.74, 6) is 5.80. The maximum absolute atomic E-state index is 10.7. The summed E-state index contributed by atoms with van der Waals surface area (Å²) in [5.41, 5.74) is 8.23. The van der Waals surface area contributed by atoms with Gasteiger partial charge in [-0.1, -0.05) is 0 Å². The van der Waals surface area contributed by atoms with Crippen molar-refractivity contribution in [3.8, 4) is 0 Å². The van der Waals surface area contributed by atoms with Crippen LogP contribution < -0.4 is 22.3 Å². The summed E-state index contributed by atoms with van der Waals surface area (Å²) in [7, 11) is 0. The molecule has 1 aromatic heterocycles. The first kappa shape index (κ1) is 12.2. The molecule has 0 spiro atoms. The Labute approximate surface area is 93.6 Å². The van der Waals surface area contributed by atoms with Crippen molar-refractivity contribution in [1.82, 2.24) is 9.97 Å². The normalized spacial score (nSPS) is 11.9. The van der Waals surface area contributed by atoms with Gasteiger partial charge in [-0.2, -0.15) is 4.98 Å². The highest BCUT2D eigenvalue weighted by Gasteiger charge is 2.07. The van der Waals surface area contributed by atoms with E-state index in [-0.39, 0.29) is 18.4 Å². The van der Waals surface area contributed by atoms with Gasteiger partial charge in [-0.3, -0.25) is 10.2 Å². The summed E-state index contributed by atoms with van der Waals surface area (Å²) >= 11 is 0. The van der Waals surface area contributed by atoms with Gasteiger partial charge in [-0.05, 0) is 13.8 Å². The van der Waals surface area contributed by atoms with Crippen molar-refractivity contribution in [3.05, 3.63) is 11.8 Å². The van der Waals surface area contributed by atoms with E-state index in [0.29, 0.717) is 11.8 Å². The second-order valence-corrected chi connectivity index (χ2v) is 3.58. The maximum atomic E-state index is 10.7. The number of nitrogens with one attached hydrogen (secondary N) is 2. The molecule has 1 amide bonds. The lowest BCUT2D eigenvalue weighted by Crippen LogP contribution is -2.24. The number of anilines is 2. The van der Waals surface area contributed by atoms with Gasteiger partial charge in [0.1, 0.15) is 5.82 Å². The standard InChI is InChI=1S/C9H16N6O/c1-5(3-7(10)16)12-8-4-6(2)13-9(14-8)15-11/h4-5H,3,11H2,1-2H3,(H2,10,16)(H2,12,13,14,15). The number of primary amides is 1. The number of aryl methyl sites for hydroxylation is 1. The van der Waals surface area contributed by atoms with Gasteiger partial charge in [0.05, 0.1) is 0 Å². The van der Waals surface area contributed by atoms with Gasteiger partial charge in [0.15, 0.2) is 0 Å². The highest BCUT2D eigenvalue weighted by Crippen LogP contribution is 2.10. The van der Waals surface area contributed by atoms with E-state index in [9.17, 15) is 4.79 Å². The SMILES string of the molecule is Cc1cc(NC(C)CC(N)=O)nc(NN)n1. The zero-order chi connectivity index (χ0) is 12.1. The first-order chi connectivity index (χ1) is 7.51. The Morgan fingerprint density at radius 2 is 2.25 bits per heavy atom. The highest BCUT2D eigenvalue weighted by atomic mass is 16.1. The van der Waals surface area contributed by atoms with Crippen LogP contribution in [0.2, 0.25) is 0 Å². The molecule has 7 nitrogen and oxygen atoms in total. The average Bonchev–Trinajstić information content (AvgIpc) is 2.14. The molecule has 7 heteroatoms. The number of amides is 1. The molecule has 6 N–H and O–H groups in total. The number of hydrazine groups is 1. The van der Waals surface area contributed by atoms with Crippen LogP contribution in [0, 0.1) is 6.92 Å². The Balaban J connectivity index is 2.72. The molecule has 0 aliphatic carbocycles.